The fraction of sp³-hybridized carbons (Fsp3) is 0.188. The van der Waals surface area contributed by atoms with E-state index < -0.39 is 0 Å². The van der Waals surface area contributed by atoms with Crippen molar-refractivity contribution in [2.24, 2.45) is 0 Å². The molecule has 2 aromatic rings. The first-order valence-corrected chi connectivity index (χ1v) is 6.99. The van der Waals surface area contributed by atoms with E-state index in [-0.39, 0.29) is 5.91 Å². The second-order valence-corrected chi connectivity index (χ2v) is 5.31. The molecule has 1 aliphatic heterocycles. The lowest BCUT2D eigenvalue weighted by Crippen LogP contribution is -2.23. The predicted octanol–water partition coefficient (Wildman–Crippen LogP) is 3.24. The topological polar surface area (TPSA) is 41.1 Å². The maximum atomic E-state index is 12.1. The number of fused-ring (bicyclic) bond motifs is 1. The fourth-order valence-electron chi connectivity index (χ4n) is 2.36. The average molecular weight is 287 g/mol. The number of nitrogens with one attached hydrogen (secondary N) is 2. The molecule has 0 aliphatic carbocycles. The van der Waals surface area contributed by atoms with Crippen LogP contribution in [0, 0.1) is 0 Å². The molecule has 102 valence electrons. The number of amides is 1. The van der Waals surface area contributed by atoms with E-state index in [1.54, 1.807) is 24.3 Å². The number of anilines is 1. The Morgan fingerprint density at radius 1 is 1.10 bits per heavy atom. The van der Waals surface area contributed by atoms with Crippen LogP contribution < -0.4 is 10.6 Å². The van der Waals surface area contributed by atoms with Gasteiger partial charge in [0, 0.05) is 22.8 Å². The highest BCUT2D eigenvalue weighted by Gasteiger charge is 2.11. The van der Waals surface area contributed by atoms with Crippen molar-refractivity contribution in [1.82, 2.24) is 5.32 Å². The summed E-state index contributed by atoms with van der Waals surface area (Å²) in [6.45, 7) is 1.88. The Hall–Kier alpha value is -1.84. The maximum Gasteiger partial charge on any atom is 0.255 e. The normalized spacial score (nSPS) is 13.7. The Labute approximate surface area is 123 Å². The molecule has 3 nitrogen and oxygen atoms in total. The van der Waals surface area contributed by atoms with Gasteiger partial charge in [-0.25, -0.2) is 0 Å². The third-order valence-electron chi connectivity index (χ3n) is 3.46. The summed E-state index contributed by atoms with van der Waals surface area (Å²) < 4.78 is 0. The Morgan fingerprint density at radius 3 is 2.70 bits per heavy atom. The van der Waals surface area contributed by atoms with Gasteiger partial charge in [0.15, 0.2) is 0 Å². The minimum atomic E-state index is -0.120. The number of hydrogen-bond acceptors (Lipinski definition) is 2. The zero-order valence-electron chi connectivity index (χ0n) is 10.9. The van der Waals surface area contributed by atoms with Crippen molar-refractivity contribution in [2.45, 2.75) is 13.0 Å². The summed E-state index contributed by atoms with van der Waals surface area (Å²) in [6, 6.07) is 13.0. The lowest BCUT2D eigenvalue weighted by Gasteiger charge is -2.18. The molecule has 0 spiro atoms. The summed E-state index contributed by atoms with van der Waals surface area (Å²) in [5.74, 6) is -0.120. The van der Waals surface area contributed by atoms with E-state index in [0.717, 1.165) is 25.2 Å². The Morgan fingerprint density at radius 2 is 1.90 bits per heavy atom. The second-order valence-electron chi connectivity index (χ2n) is 4.87. The summed E-state index contributed by atoms with van der Waals surface area (Å²) in [6.07, 6.45) is 1.04. The van der Waals surface area contributed by atoms with Gasteiger partial charge in [-0.1, -0.05) is 17.7 Å². The summed E-state index contributed by atoms with van der Waals surface area (Å²) >= 11 is 5.82. The summed E-state index contributed by atoms with van der Waals surface area (Å²) in [5, 5.41) is 6.88. The van der Waals surface area contributed by atoms with Gasteiger partial charge in [0.2, 0.25) is 0 Å². The molecule has 2 N–H and O–H groups in total. The van der Waals surface area contributed by atoms with Crippen LogP contribution in [0.3, 0.4) is 0 Å². The van der Waals surface area contributed by atoms with Crippen molar-refractivity contribution in [3.63, 3.8) is 0 Å². The molecule has 3 rings (SSSR count). The highest BCUT2D eigenvalue weighted by Crippen LogP contribution is 2.20. The van der Waals surface area contributed by atoms with Crippen molar-refractivity contribution in [1.29, 1.82) is 0 Å². The molecule has 20 heavy (non-hydrogen) atoms. The first kappa shape index (κ1) is 13.2. The number of hydrogen-bond donors (Lipinski definition) is 2. The van der Waals surface area contributed by atoms with Gasteiger partial charge in [-0.2, -0.15) is 0 Å². The smallest absolute Gasteiger partial charge is 0.255 e. The molecular weight excluding hydrogens is 272 g/mol. The molecule has 0 radical (unpaired) electrons. The number of benzene rings is 2. The molecule has 0 bridgehead atoms. The number of rotatable bonds is 2. The van der Waals surface area contributed by atoms with Crippen molar-refractivity contribution in [2.75, 3.05) is 11.9 Å². The molecule has 0 unspecified atom stereocenters. The fourth-order valence-corrected chi connectivity index (χ4v) is 2.49. The van der Waals surface area contributed by atoms with Crippen molar-refractivity contribution in [3.05, 3.63) is 64.2 Å². The first-order valence-electron chi connectivity index (χ1n) is 6.62. The minimum Gasteiger partial charge on any atom is -0.322 e. The summed E-state index contributed by atoms with van der Waals surface area (Å²) in [7, 11) is 0. The van der Waals surface area contributed by atoms with E-state index >= 15 is 0 Å². The number of carbonyl (C=O) groups is 1. The van der Waals surface area contributed by atoms with Gasteiger partial charge in [0.05, 0.1) is 0 Å². The third kappa shape index (κ3) is 2.84. The molecule has 4 heteroatoms. The average Bonchev–Trinajstić information content (AvgIpc) is 2.48. The molecular formula is C16H15ClN2O. The highest BCUT2D eigenvalue weighted by atomic mass is 35.5. The van der Waals surface area contributed by atoms with Gasteiger partial charge in [-0.15, -0.1) is 0 Å². The van der Waals surface area contributed by atoms with Crippen LogP contribution in [0.4, 0.5) is 5.69 Å². The van der Waals surface area contributed by atoms with Crippen LogP contribution in [0.2, 0.25) is 5.02 Å². The molecule has 1 amide bonds. The van der Waals surface area contributed by atoms with Crippen LogP contribution in [0.1, 0.15) is 21.5 Å². The van der Waals surface area contributed by atoms with E-state index in [0.29, 0.717) is 10.6 Å². The van der Waals surface area contributed by atoms with E-state index in [1.165, 1.54) is 11.1 Å². The molecule has 0 aromatic heterocycles. The summed E-state index contributed by atoms with van der Waals surface area (Å²) in [5.41, 5.74) is 4.04. The lowest BCUT2D eigenvalue weighted by molar-refractivity contribution is 0.102. The van der Waals surface area contributed by atoms with Crippen LogP contribution in [-0.2, 0) is 13.0 Å². The van der Waals surface area contributed by atoms with Gasteiger partial charge in [-0.3, -0.25) is 4.79 Å². The van der Waals surface area contributed by atoms with E-state index in [4.69, 9.17) is 11.6 Å². The van der Waals surface area contributed by atoms with Gasteiger partial charge in [0.1, 0.15) is 0 Å². The molecule has 0 fully saturated rings. The molecule has 1 aliphatic rings. The zero-order valence-corrected chi connectivity index (χ0v) is 11.7. The van der Waals surface area contributed by atoms with E-state index in [1.807, 2.05) is 12.1 Å². The van der Waals surface area contributed by atoms with E-state index in [9.17, 15) is 4.79 Å². The Balaban J connectivity index is 1.77. The van der Waals surface area contributed by atoms with Gasteiger partial charge in [0.25, 0.3) is 5.91 Å². The molecule has 1 heterocycles. The summed E-state index contributed by atoms with van der Waals surface area (Å²) in [4.78, 5) is 12.1. The minimum absolute atomic E-state index is 0.120. The zero-order chi connectivity index (χ0) is 13.9. The maximum absolute atomic E-state index is 12.1. The monoisotopic (exact) mass is 286 g/mol. The lowest BCUT2D eigenvalue weighted by atomic mass is 10.0. The standard InChI is InChI=1S/C16H15ClN2O/c17-14-4-1-12(2-5-14)16(20)19-15-6-3-11-7-8-18-10-13(11)9-15/h1-6,9,18H,7-8,10H2,(H,19,20). The predicted molar refractivity (Wildman–Crippen MR) is 81.3 cm³/mol. The third-order valence-corrected chi connectivity index (χ3v) is 3.71. The van der Waals surface area contributed by atoms with Crippen LogP contribution >= 0.6 is 11.6 Å². The second kappa shape index (κ2) is 5.65. The van der Waals surface area contributed by atoms with Gasteiger partial charge < -0.3 is 10.6 Å². The van der Waals surface area contributed by atoms with Gasteiger partial charge in [-0.05, 0) is 60.5 Å². The molecule has 0 saturated carbocycles. The van der Waals surface area contributed by atoms with Crippen LogP contribution in [0.5, 0.6) is 0 Å². The highest BCUT2D eigenvalue weighted by molar-refractivity contribution is 6.30. The molecule has 2 aromatic carbocycles. The van der Waals surface area contributed by atoms with Crippen LogP contribution in [0.15, 0.2) is 42.5 Å². The Bertz CT molecular complexity index is 637. The van der Waals surface area contributed by atoms with E-state index in [2.05, 4.69) is 16.7 Å². The van der Waals surface area contributed by atoms with Crippen LogP contribution in [-0.4, -0.2) is 12.5 Å². The van der Waals surface area contributed by atoms with Crippen molar-refractivity contribution in [3.8, 4) is 0 Å². The quantitative estimate of drug-likeness (QED) is 0.890. The first-order chi connectivity index (χ1) is 9.72. The Kier molecular flexibility index (Phi) is 3.72. The number of halogens is 1. The number of carbonyl (C=O) groups excluding carboxylic acids is 1. The van der Waals surface area contributed by atoms with Gasteiger partial charge >= 0.3 is 0 Å². The van der Waals surface area contributed by atoms with Crippen molar-refractivity contribution < 1.29 is 4.79 Å². The van der Waals surface area contributed by atoms with Crippen LogP contribution in [0.25, 0.3) is 0 Å². The molecule has 0 saturated heterocycles. The largest absolute Gasteiger partial charge is 0.322 e. The SMILES string of the molecule is O=C(Nc1ccc2c(c1)CNCC2)c1ccc(Cl)cc1. The van der Waals surface area contributed by atoms with Crippen molar-refractivity contribution >= 4 is 23.2 Å². The molecule has 0 atom stereocenters.